The van der Waals surface area contributed by atoms with Gasteiger partial charge in [0.05, 0.1) is 22.9 Å². The van der Waals surface area contributed by atoms with Gasteiger partial charge in [0.15, 0.2) is 0 Å². The maximum absolute atomic E-state index is 13.8. The minimum absolute atomic E-state index is 0.341. The number of benzene rings is 3. The van der Waals surface area contributed by atoms with E-state index in [-0.39, 0.29) is 11.8 Å². The van der Waals surface area contributed by atoms with Crippen molar-refractivity contribution in [2.45, 2.75) is 20.3 Å². The van der Waals surface area contributed by atoms with E-state index in [9.17, 15) is 9.59 Å². The maximum atomic E-state index is 13.8. The van der Waals surface area contributed by atoms with E-state index in [4.69, 9.17) is 5.26 Å². The highest BCUT2D eigenvalue weighted by Crippen LogP contribution is 2.40. The lowest BCUT2D eigenvalue weighted by molar-refractivity contribution is -0.120. The minimum Gasteiger partial charge on any atom is -0.336 e. The summed E-state index contributed by atoms with van der Waals surface area (Å²) < 4.78 is 0. The predicted octanol–water partition coefficient (Wildman–Crippen LogP) is 4.52. The van der Waals surface area contributed by atoms with Crippen LogP contribution >= 0.6 is 0 Å². The first-order valence-electron chi connectivity index (χ1n) is 10.6. The molecule has 0 saturated heterocycles. The lowest BCUT2D eigenvalue weighted by Crippen LogP contribution is -2.34. The Morgan fingerprint density at radius 2 is 1.66 bits per heavy atom. The van der Waals surface area contributed by atoms with Gasteiger partial charge in [0.1, 0.15) is 5.70 Å². The maximum Gasteiger partial charge on any atom is 0.282 e. The van der Waals surface area contributed by atoms with Crippen molar-refractivity contribution in [2.75, 3.05) is 16.3 Å². The van der Waals surface area contributed by atoms with Crippen LogP contribution in [-0.4, -0.2) is 18.4 Å². The number of nitrogens with zero attached hydrogens (tertiary/aromatic N) is 3. The second-order valence-electron chi connectivity index (χ2n) is 8.18. The number of fused-ring (bicyclic) bond motifs is 1. The first-order valence-corrected chi connectivity index (χ1v) is 10.6. The zero-order chi connectivity index (χ0) is 22.4. The highest BCUT2D eigenvalue weighted by Gasteiger charge is 2.44. The number of imide groups is 1. The molecule has 2 aliphatic heterocycles. The van der Waals surface area contributed by atoms with Gasteiger partial charge in [0.2, 0.25) is 0 Å². The van der Waals surface area contributed by atoms with Gasteiger partial charge in [-0.3, -0.25) is 9.59 Å². The molecule has 0 radical (unpaired) electrons. The molecule has 0 fully saturated rings. The third-order valence-electron chi connectivity index (χ3n) is 6.12. The molecule has 0 aliphatic carbocycles. The van der Waals surface area contributed by atoms with Gasteiger partial charge >= 0.3 is 0 Å². The van der Waals surface area contributed by atoms with Gasteiger partial charge in [-0.25, -0.2) is 4.90 Å². The van der Waals surface area contributed by atoms with Crippen LogP contribution in [0.15, 0.2) is 72.4 Å². The van der Waals surface area contributed by atoms with Crippen LogP contribution in [0.25, 0.3) is 5.57 Å². The van der Waals surface area contributed by atoms with E-state index >= 15 is 0 Å². The van der Waals surface area contributed by atoms with Gasteiger partial charge in [-0.15, -0.1) is 0 Å². The van der Waals surface area contributed by atoms with E-state index in [2.05, 4.69) is 12.1 Å². The zero-order valence-corrected chi connectivity index (χ0v) is 17.9. The summed E-state index contributed by atoms with van der Waals surface area (Å²) in [5, 5.41) is 9.11. The molecule has 0 spiro atoms. The Balaban J connectivity index is 1.69. The van der Waals surface area contributed by atoms with Gasteiger partial charge in [0, 0.05) is 12.2 Å². The van der Waals surface area contributed by atoms with Crippen LogP contribution in [-0.2, 0) is 16.0 Å². The van der Waals surface area contributed by atoms with Crippen molar-refractivity contribution in [1.82, 2.24) is 0 Å². The number of hydrogen-bond acceptors (Lipinski definition) is 4. The quantitative estimate of drug-likeness (QED) is 0.586. The van der Waals surface area contributed by atoms with E-state index in [0.717, 1.165) is 34.4 Å². The Labute approximate surface area is 186 Å². The van der Waals surface area contributed by atoms with E-state index in [1.54, 1.807) is 24.3 Å². The number of carbonyl (C=O) groups excluding carboxylic acids is 2. The topological polar surface area (TPSA) is 64.4 Å². The van der Waals surface area contributed by atoms with Crippen LogP contribution in [0.1, 0.15) is 27.8 Å². The van der Waals surface area contributed by atoms with Gasteiger partial charge in [-0.05, 0) is 67.3 Å². The lowest BCUT2D eigenvalue weighted by Gasteiger charge is -2.22. The number of para-hydroxylation sites is 1. The Morgan fingerprint density at radius 1 is 0.906 bits per heavy atom. The van der Waals surface area contributed by atoms with Crippen molar-refractivity contribution in [3.05, 3.63) is 100 Å². The Morgan fingerprint density at radius 3 is 2.38 bits per heavy atom. The monoisotopic (exact) mass is 419 g/mol. The number of rotatable bonds is 3. The second-order valence-corrected chi connectivity index (χ2v) is 8.18. The van der Waals surface area contributed by atoms with Gasteiger partial charge in [-0.2, -0.15) is 5.26 Å². The minimum atomic E-state index is -0.342. The van der Waals surface area contributed by atoms with E-state index in [1.807, 2.05) is 55.1 Å². The molecule has 156 valence electrons. The molecule has 32 heavy (non-hydrogen) atoms. The fourth-order valence-electron chi connectivity index (χ4n) is 4.60. The summed E-state index contributed by atoms with van der Waals surface area (Å²) in [4.78, 5) is 30.7. The van der Waals surface area contributed by atoms with Gasteiger partial charge < -0.3 is 4.90 Å². The van der Waals surface area contributed by atoms with Gasteiger partial charge in [0.25, 0.3) is 11.8 Å². The lowest BCUT2D eigenvalue weighted by atomic mass is 9.97. The van der Waals surface area contributed by atoms with Gasteiger partial charge in [-0.1, -0.05) is 42.0 Å². The predicted molar refractivity (Wildman–Crippen MR) is 124 cm³/mol. The summed E-state index contributed by atoms with van der Waals surface area (Å²) in [7, 11) is 0. The number of hydrogen-bond donors (Lipinski definition) is 0. The molecule has 0 aromatic heterocycles. The smallest absolute Gasteiger partial charge is 0.282 e. The fourth-order valence-corrected chi connectivity index (χ4v) is 4.60. The molecule has 0 saturated carbocycles. The molecule has 5 nitrogen and oxygen atoms in total. The highest BCUT2D eigenvalue weighted by molar-refractivity contribution is 6.46. The van der Waals surface area contributed by atoms with Crippen molar-refractivity contribution in [3.63, 3.8) is 0 Å². The van der Waals surface area contributed by atoms with Crippen LogP contribution in [0.3, 0.4) is 0 Å². The number of amides is 2. The molecular formula is C27H21N3O2. The van der Waals surface area contributed by atoms with Crippen LogP contribution in [0.5, 0.6) is 0 Å². The standard InChI is InChI=1S/C27H21N3O2/c1-17-7-12-22(18(2)15-17)24-25(29-14-13-20-5-3-4-6-23(20)29)27(32)30(26(24)31)21-10-8-19(16-28)9-11-21/h3-12,15H,13-14H2,1-2H3. The summed E-state index contributed by atoms with van der Waals surface area (Å²) in [5.74, 6) is -0.683. The first kappa shape index (κ1) is 19.8. The van der Waals surface area contributed by atoms with Crippen molar-refractivity contribution in [2.24, 2.45) is 0 Å². The number of carbonyl (C=O) groups is 2. The summed E-state index contributed by atoms with van der Waals surface area (Å²) in [5.41, 5.74) is 6.72. The van der Waals surface area contributed by atoms with Crippen molar-refractivity contribution < 1.29 is 9.59 Å². The summed E-state index contributed by atoms with van der Waals surface area (Å²) in [6, 6.07) is 22.5. The molecular weight excluding hydrogens is 398 g/mol. The Kier molecular flexibility index (Phi) is 4.64. The molecule has 0 atom stereocenters. The molecule has 0 unspecified atom stereocenters. The summed E-state index contributed by atoms with van der Waals surface area (Å²) in [6.07, 6.45) is 0.818. The van der Waals surface area contributed by atoms with Crippen molar-refractivity contribution in [1.29, 1.82) is 5.26 Å². The van der Waals surface area contributed by atoms with Crippen molar-refractivity contribution >= 4 is 28.8 Å². The molecule has 2 amide bonds. The second kappa shape index (κ2) is 7.51. The van der Waals surface area contributed by atoms with Crippen molar-refractivity contribution in [3.8, 4) is 6.07 Å². The Hall–Kier alpha value is -4.17. The molecule has 2 heterocycles. The molecule has 0 N–H and O–H groups in total. The molecule has 5 heteroatoms. The third-order valence-corrected chi connectivity index (χ3v) is 6.12. The van der Waals surface area contributed by atoms with Crippen LogP contribution in [0.2, 0.25) is 0 Å². The van der Waals surface area contributed by atoms with Crippen LogP contribution in [0, 0.1) is 25.2 Å². The highest BCUT2D eigenvalue weighted by atomic mass is 16.2. The SMILES string of the molecule is Cc1ccc(C2=C(N3CCc4ccccc43)C(=O)N(c3ccc(C#N)cc3)C2=O)c(C)c1. The number of anilines is 2. The van der Waals surface area contributed by atoms with E-state index in [0.29, 0.717) is 29.1 Å². The number of aryl methyl sites for hydroxylation is 2. The van der Waals surface area contributed by atoms with Crippen LogP contribution < -0.4 is 9.80 Å². The molecule has 0 bridgehead atoms. The summed E-state index contributed by atoms with van der Waals surface area (Å²) >= 11 is 0. The normalized spacial score (nSPS) is 15.4. The first-order chi connectivity index (χ1) is 15.5. The fraction of sp³-hybridized carbons (Fsp3) is 0.148. The third kappa shape index (κ3) is 3.00. The molecule has 3 aromatic rings. The molecule has 5 rings (SSSR count). The Bertz CT molecular complexity index is 1350. The van der Waals surface area contributed by atoms with E-state index in [1.165, 1.54) is 4.90 Å². The number of nitriles is 1. The molecule has 3 aromatic carbocycles. The zero-order valence-electron chi connectivity index (χ0n) is 17.9. The van der Waals surface area contributed by atoms with Crippen LogP contribution in [0.4, 0.5) is 11.4 Å². The summed E-state index contributed by atoms with van der Waals surface area (Å²) in [6.45, 7) is 4.61. The average molecular weight is 419 g/mol. The average Bonchev–Trinajstić information content (AvgIpc) is 3.32. The van der Waals surface area contributed by atoms with E-state index < -0.39 is 0 Å². The largest absolute Gasteiger partial charge is 0.336 e. The molecule has 2 aliphatic rings.